The van der Waals surface area contributed by atoms with Gasteiger partial charge in [0.1, 0.15) is 17.1 Å². The number of nitrogens with zero attached hydrogens (tertiary/aromatic N) is 1. The standard InChI is InChI=1S/C22H19NO5/c1-4-14(2)15-5-7-17(8-6-15)27-21(24)13-26-18-9-10-20-16(11-18)12-19(23-3)22(25)28-20/h5-12,14H,4,13H2,1-2H3. The zero-order chi connectivity index (χ0) is 20.1. The Morgan fingerprint density at radius 1 is 1.14 bits per heavy atom. The van der Waals surface area contributed by atoms with Crippen molar-refractivity contribution >= 4 is 22.6 Å². The molecule has 3 aromatic rings. The molecule has 0 spiro atoms. The SMILES string of the molecule is [C-]#[N+]c1cc2cc(OCC(=O)Oc3ccc(C(C)CC)cc3)ccc2oc1=O. The van der Waals surface area contributed by atoms with Gasteiger partial charge < -0.3 is 13.9 Å². The summed E-state index contributed by atoms with van der Waals surface area (Å²) in [6.45, 7) is 11.0. The summed E-state index contributed by atoms with van der Waals surface area (Å²) in [5.41, 5.74) is 0.748. The lowest BCUT2D eigenvalue weighted by molar-refractivity contribution is -0.136. The molecule has 0 N–H and O–H groups in total. The van der Waals surface area contributed by atoms with Crippen molar-refractivity contribution in [1.82, 2.24) is 0 Å². The zero-order valence-electron chi connectivity index (χ0n) is 15.6. The summed E-state index contributed by atoms with van der Waals surface area (Å²) < 4.78 is 15.8. The molecule has 6 heteroatoms. The molecule has 0 saturated heterocycles. The Labute approximate surface area is 162 Å². The lowest BCUT2D eigenvalue weighted by Crippen LogP contribution is -2.17. The molecule has 1 atom stereocenters. The van der Waals surface area contributed by atoms with Gasteiger partial charge >= 0.3 is 11.6 Å². The first kappa shape index (κ1) is 19.2. The minimum absolute atomic E-state index is 0.107. The molecule has 1 heterocycles. The van der Waals surface area contributed by atoms with Gasteiger partial charge in [0.2, 0.25) is 0 Å². The first-order chi connectivity index (χ1) is 13.5. The van der Waals surface area contributed by atoms with Crippen molar-refractivity contribution in [3.63, 3.8) is 0 Å². The number of hydrogen-bond acceptors (Lipinski definition) is 5. The summed E-state index contributed by atoms with van der Waals surface area (Å²) in [5, 5.41) is 0.539. The topological polar surface area (TPSA) is 70.1 Å². The second kappa shape index (κ2) is 8.40. The van der Waals surface area contributed by atoms with Crippen LogP contribution >= 0.6 is 0 Å². The maximum atomic E-state index is 12.0. The second-order valence-electron chi connectivity index (χ2n) is 6.37. The molecule has 0 radical (unpaired) electrons. The Balaban J connectivity index is 1.63. The molecule has 28 heavy (non-hydrogen) atoms. The van der Waals surface area contributed by atoms with E-state index in [9.17, 15) is 9.59 Å². The van der Waals surface area contributed by atoms with E-state index in [0.29, 0.717) is 28.4 Å². The van der Waals surface area contributed by atoms with E-state index in [4.69, 9.17) is 20.5 Å². The van der Waals surface area contributed by atoms with Crippen LogP contribution in [0, 0.1) is 6.57 Å². The van der Waals surface area contributed by atoms with Crippen LogP contribution in [0.4, 0.5) is 5.69 Å². The van der Waals surface area contributed by atoms with Crippen LogP contribution in [-0.2, 0) is 4.79 Å². The quantitative estimate of drug-likeness (QED) is 0.266. The molecule has 2 aromatic carbocycles. The number of esters is 1. The van der Waals surface area contributed by atoms with E-state index >= 15 is 0 Å². The lowest BCUT2D eigenvalue weighted by atomic mass is 9.99. The monoisotopic (exact) mass is 377 g/mol. The van der Waals surface area contributed by atoms with Crippen LogP contribution < -0.4 is 15.1 Å². The summed E-state index contributed by atoms with van der Waals surface area (Å²) in [6, 6.07) is 13.6. The number of carbonyl (C=O) groups is 1. The van der Waals surface area contributed by atoms with E-state index in [0.717, 1.165) is 6.42 Å². The van der Waals surface area contributed by atoms with Crippen molar-refractivity contribution in [3.05, 3.63) is 75.9 Å². The van der Waals surface area contributed by atoms with Crippen LogP contribution in [0.2, 0.25) is 0 Å². The third-order valence-electron chi connectivity index (χ3n) is 4.46. The summed E-state index contributed by atoms with van der Waals surface area (Å²) in [7, 11) is 0. The molecule has 6 nitrogen and oxygen atoms in total. The third-order valence-corrected chi connectivity index (χ3v) is 4.46. The number of benzene rings is 2. The fourth-order valence-electron chi connectivity index (χ4n) is 2.66. The van der Waals surface area contributed by atoms with Gasteiger partial charge in [-0.1, -0.05) is 26.0 Å². The van der Waals surface area contributed by atoms with Crippen molar-refractivity contribution in [2.24, 2.45) is 0 Å². The fourth-order valence-corrected chi connectivity index (χ4v) is 2.66. The Morgan fingerprint density at radius 3 is 2.54 bits per heavy atom. The van der Waals surface area contributed by atoms with Crippen molar-refractivity contribution in [2.75, 3.05) is 6.61 Å². The van der Waals surface area contributed by atoms with Crippen LogP contribution in [0.15, 0.2) is 57.7 Å². The predicted octanol–water partition coefficient (Wildman–Crippen LogP) is 4.84. The highest BCUT2D eigenvalue weighted by Gasteiger charge is 2.10. The number of carbonyl (C=O) groups excluding carboxylic acids is 1. The van der Waals surface area contributed by atoms with E-state index in [-0.39, 0.29) is 12.3 Å². The highest BCUT2D eigenvalue weighted by atomic mass is 16.6. The third kappa shape index (κ3) is 4.38. The Morgan fingerprint density at radius 2 is 1.86 bits per heavy atom. The fraction of sp³-hybridized carbons (Fsp3) is 0.227. The van der Waals surface area contributed by atoms with E-state index in [1.54, 1.807) is 30.3 Å². The summed E-state index contributed by atoms with van der Waals surface area (Å²) in [5.74, 6) is 0.788. The zero-order valence-corrected chi connectivity index (χ0v) is 15.6. The largest absolute Gasteiger partial charge is 0.482 e. The molecule has 0 saturated carbocycles. The molecular weight excluding hydrogens is 358 g/mol. The van der Waals surface area contributed by atoms with Crippen LogP contribution in [0.5, 0.6) is 11.5 Å². The van der Waals surface area contributed by atoms with Crippen molar-refractivity contribution in [3.8, 4) is 11.5 Å². The number of rotatable bonds is 6. The van der Waals surface area contributed by atoms with E-state index in [1.165, 1.54) is 11.6 Å². The Kier molecular flexibility index (Phi) is 5.75. The second-order valence-corrected chi connectivity index (χ2v) is 6.37. The highest BCUT2D eigenvalue weighted by Crippen LogP contribution is 2.24. The highest BCUT2D eigenvalue weighted by molar-refractivity contribution is 5.81. The molecule has 1 aromatic heterocycles. The van der Waals surface area contributed by atoms with Gasteiger partial charge in [0.15, 0.2) is 6.61 Å². The molecule has 0 aliphatic carbocycles. The average Bonchev–Trinajstić information content (AvgIpc) is 2.71. The Hall–Kier alpha value is -3.59. The number of fused-ring (bicyclic) bond motifs is 1. The first-order valence-electron chi connectivity index (χ1n) is 8.89. The summed E-state index contributed by atoms with van der Waals surface area (Å²) >= 11 is 0. The normalized spacial score (nSPS) is 11.6. The van der Waals surface area contributed by atoms with Crippen molar-refractivity contribution in [2.45, 2.75) is 26.2 Å². The number of ether oxygens (including phenoxy) is 2. The van der Waals surface area contributed by atoms with E-state index in [2.05, 4.69) is 18.7 Å². The molecule has 1 unspecified atom stereocenters. The van der Waals surface area contributed by atoms with Crippen LogP contribution in [0.3, 0.4) is 0 Å². The summed E-state index contributed by atoms with van der Waals surface area (Å²) in [6.07, 6.45) is 1.04. The maximum absolute atomic E-state index is 12.0. The smallest absolute Gasteiger partial charge is 0.349 e. The van der Waals surface area contributed by atoms with Crippen LogP contribution in [0.1, 0.15) is 31.7 Å². The molecule has 0 fully saturated rings. The van der Waals surface area contributed by atoms with Crippen LogP contribution in [-0.4, -0.2) is 12.6 Å². The van der Waals surface area contributed by atoms with Gasteiger partial charge in [-0.25, -0.2) is 9.64 Å². The van der Waals surface area contributed by atoms with Crippen molar-refractivity contribution in [1.29, 1.82) is 0 Å². The molecule has 0 bridgehead atoms. The number of hydrogen-bond donors (Lipinski definition) is 0. The maximum Gasteiger partial charge on any atom is 0.349 e. The van der Waals surface area contributed by atoms with Crippen molar-refractivity contribution < 1.29 is 18.7 Å². The molecule has 3 rings (SSSR count). The predicted molar refractivity (Wildman–Crippen MR) is 105 cm³/mol. The van der Waals surface area contributed by atoms with E-state index < -0.39 is 11.6 Å². The average molecular weight is 377 g/mol. The molecule has 0 aliphatic rings. The van der Waals surface area contributed by atoms with Gasteiger partial charge in [-0.3, -0.25) is 4.79 Å². The summed E-state index contributed by atoms with van der Waals surface area (Å²) in [4.78, 5) is 26.7. The van der Waals surface area contributed by atoms with E-state index in [1.807, 2.05) is 12.1 Å². The minimum Gasteiger partial charge on any atom is -0.482 e. The van der Waals surface area contributed by atoms with Gasteiger partial charge in [0, 0.05) is 5.39 Å². The first-order valence-corrected chi connectivity index (χ1v) is 8.89. The molecular formula is C22H19NO5. The molecule has 0 aliphatic heterocycles. The minimum atomic E-state index is -0.681. The lowest BCUT2D eigenvalue weighted by Gasteiger charge is -2.10. The van der Waals surface area contributed by atoms with Gasteiger partial charge in [0.25, 0.3) is 5.69 Å². The van der Waals surface area contributed by atoms with Gasteiger partial charge in [-0.15, -0.1) is 0 Å². The van der Waals surface area contributed by atoms with Gasteiger partial charge in [-0.05, 0) is 54.3 Å². The molecule has 142 valence electrons. The molecule has 0 amide bonds. The van der Waals surface area contributed by atoms with Gasteiger partial charge in [0.05, 0.1) is 6.57 Å². The Bertz CT molecular complexity index is 1090. The van der Waals surface area contributed by atoms with Crippen LogP contribution in [0.25, 0.3) is 15.8 Å². The van der Waals surface area contributed by atoms with Gasteiger partial charge in [-0.2, -0.15) is 0 Å².